The lowest BCUT2D eigenvalue weighted by Crippen LogP contribution is -2.34. The Balaban J connectivity index is 3.26. The summed E-state index contributed by atoms with van der Waals surface area (Å²) in [5, 5.41) is 11.3. The summed E-state index contributed by atoms with van der Waals surface area (Å²) in [5.41, 5.74) is 0. The molecular formula is C8H13NO2. The summed E-state index contributed by atoms with van der Waals surface area (Å²) in [6.45, 7) is 2.27. The zero-order chi connectivity index (χ0) is 8.69. The molecule has 0 unspecified atom stereocenters. The molecular weight excluding hydrogens is 142 g/mol. The van der Waals surface area contributed by atoms with Crippen LogP contribution in [0.2, 0.25) is 0 Å². The second-order valence-electron chi connectivity index (χ2n) is 2.32. The van der Waals surface area contributed by atoms with Crippen LogP contribution in [0.5, 0.6) is 0 Å². The van der Waals surface area contributed by atoms with E-state index < -0.39 is 12.0 Å². The average Bonchev–Trinajstić information content (AvgIpc) is 1.97. The highest BCUT2D eigenvalue weighted by Crippen LogP contribution is 1.86. The van der Waals surface area contributed by atoms with Crippen LogP contribution in [-0.4, -0.2) is 23.7 Å². The fraction of sp³-hybridized carbons (Fsp3) is 0.625. The molecule has 2 N–H and O–H groups in total. The maximum absolute atomic E-state index is 10.3. The average molecular weight is 155 g/mol. The third kappa shape index (κ3) is 5.43. The van der Waals surface area contributed by atoms with Gasteiger partial charge in [-0.2, -0.15) is 0 Å². The Morgan fingerprint density at radius 2 is 2.45 bits per heavy atom. The molecule has 0 saturated heterocycles. The Morgan fingerprint density at radius 1 is 1.82 bits per heavy atom. The molecule has 0 heterocycles. The normalized spacial score (nSPS) is 12.0. The fourth-order valence-electron chi connectivity index (χ4n) is 0.596. The largest absolute Gasteiger partial charge is 0.480 e. The number of carboxylic acids is 1. The minimum Gasteiger partial charge on any atom is -0.480 e. The SMILES string of the molecule is C#CCCCN[C@H](C)C(=O)O. The van der Waals surface area contributed by atoms with E-state index in [-0.39, 0.29) is 0 Å². The highest BCUT2D eigenvalue weighted by Gasteiger charge is 2.07. The topological polar surface area (TPSA) is 49.3 Å². The monoisotopic (exact) mass is 155 g/mol. The van der Waals surface area contributed by atoms with Crippen LogP contribution in [0.25, 0.3) is 0 Å². The lowest BCUT2D eigenvalue weighted by Gasteiger charge is -2.06. The minimum absolute atomic E-state index is 0.479. The van der Waals surface area contributed by atoms with Crippen LogP contribution in [0.4, 0.5) is 0 Å². The molecule has 0 aliphatic carbocycles. The Labute approximate surface area is 66.8 Å². The summed E-state index contributed by atoms with van der Waals surface area (Å²) >= 11 is 0. The first-order valence-corrected chi connectivity index (χ1v) is 3.58. The molecule has 0 aromatic heterocycles. The Bertz CT molecular complexity index is 160. The van der Waals surface area contributed by atoms with Gasteiger partial charge >= 0.3 is 5.97 Å². The molecule has 0 spiro atoms. The van der Waals surface area contributed by atoms with Gasteiger partial charge in [-0.1, -0.05) is 0 Å². The van der Waals surface area contributed by atoms with Crippen LogP contribution in [0, 0.1) is 12.3 Å². The van der Waals surface area contributed by atoms with E-state index in [1.165, 1.54) is 0 Å². The number of hydrogen-bond donors (Lipinski definition) is 2. The quantitative estimate of drug-likeness (QED) is 0.448. The van der Waals surface area contributed by atoms with Gasteiger partial charge in [-0.15, -0.1) is 12.3 Å². The van der Waals surface area contributed by atoms with Crippen molar-refractivity contribution in [2.45, 2.75) is 25.8 Å². The molecule has 11 heavy (non-hydrogen) atoms. The van der Waals surface area contributed by atoms with Crippen LogP contribution in [0.1, 0.15) is 19.8 Å². The number of rotatable bonds is 5. The Morgan fingerprint density at radius 3 is 2.91 bits per heavy atom. The molecule has 0 rings (SSSR count). The van der Waals surface area contributed by atoms with Crippen molar-refractivity contribution in [1.29, 1.82) is 0 Å². The summed E-state index contributed by atoms with van der Waals surface area (Å²) in [6.07, 6.45) is 6.53. The lowest BCUT2D eigenvalue weighted by atomic mass is 10.3. The second-order valence-corrected chi connectivity index (χ2v) is 2.32. The van der Waals surface area contributed by atoms with Gasteiger partial charge in [0.15, 0.2) is 0 Å². The second kappa shape index (κ2) is 5.75. The maximum Gasteiger partial charge on any atom is 0.320 e. The number of hydrogen-bond acceptors (Lipinski definition) is 2. The van der Waals surface area contributed by atoms with Crippen LogP contribution < -0.4 is 5.32 Å². The highest BCUT2D eigenvalue weighted by molar-refractivity contribution is 5.72. The highest BCUT2D eigenvalue weighted by atomic mass is 16.4. The lowest BCUT2D eigenvalue weighted by molar-refractivity contribution is -0.138. The zero-order valence-electron chi connectivity index (χ0n) is 6.63. The number of carboxylic acid groups (broad SMARTS) is 1. The van der Waals surface area contributed by atoms with Gasteiger partial charge in [-0.3, -0.25) is 4.79 Å². The van der Waals surface area contributed by atoms with E-state index >= 15 is 0 Å². The van der Waals surface area contributed by atoms with E-state index in [0.29, 0.717) is 13.0 Å². The van der Waals surface area contributed by atoms with Crippen molar-refractivity contribution < 1.29 is 9.90 Å². The van der Waals surface area contributed by atoms with Gasteiger partial charge in [0.2, 0.25) is 0 Å². The zero-order valence-corrected chi connectivity index (χ0v) is 6.63. The third-order valence-electron chi connectivity index (χ3n) is 1.32. The molecule has 3 nitrogen and oxygen atoms in total. The van der Waals surface area contributed by atoms with Gasteiger partial charge in [0, 0.05) is 6.42 Å². The van der Waals surface area contributed by atoms with Crippen LogP contribution in [0.15, 0.2) is 0 Å². The van der Waals surface area contributed by atoms with Gasteiger partial charge in [0.05, 0.1) is 0 Å². The van der Waals surface area contributed by atoms with E-state index in [4.69, 9.17) is 11.5 Å². The van der Waals surface area contributed by atoms with Gasteiger partial charge in [-0.25, -0.2) is 0 Å². The molecule has 1 atom stereocenters. The predicted octanol–water partition coefficient (Wildman–Crippen LogP) is 0.463. The number of unbranched alkanes of at least 4 members (excludes halogenated alkanes) is 1. The van der Waals surface area contributed by atoms with Crippen molar-refractivity contribution in [2.75, 3.05) is 6.54 Å². The molecule has 0 aliphatic heterocycles. The number of nitrogens with one attached hydrogen (secondary N) is 1. The van der Waals surface area contributed by atoms with E-state index in [1.54, 1.807) is 6.92 Å². The standard InChI is InChI=1S/C8H13NO2/c1-3-4-5-6-9-7(2)8(10)11/h1,7,9H,4-6H2,2H3,(H,10,11)/t7-/m1/s1. The Hall–Kier alpha value is -1.01. The van der Waals surface area contributed by atoms with Gasteiger partial charge < -0.3 is 10.4 Å². The first-order valence-electron chi connectivity index (χ1n) is 3.58. The van der Waals surface area contributed by atoms with E-state index in [2.05, 4.69) is 11.2 Å². The summed E-state index contributed by atoms with van der Waals surface area (Å²) in [5.74, 6) is 1.66. The maximum atomic E-state index is 10.3. The summed E-state index contributed by atoms with van der Waals surface area (Å²) in [4.78, 5) is 10.3. The molecule has 0 aromatic carbocycles. The van der Waals surface area contributed by atoms with Crippen LogP contribution in [-0.2, 0) is 4.79 Å². The number of aliphatic carboxylic acids is 1. The van der Waals surface area contributed by atoms with Crippen LogP contribution in [0.3, 0.4) is 0 Å². The van der Waals surface area contributed by atoms with Gasteiger partial charge in [-0.05, 0) is 19.9 Å². The Kier molecular flexibility index (Phi) is 5.22. The molecule has 62 valence electrons. The molecule has 0 aromatic rings. The van der Waals surface area contributed by atoms with E-state index in [0.717, 1.165) is 6.42 Å². The van der Waals surface area contributed by atoms with Crippen molar-refractivity contribution in [1.82, 2.24) is 5.32 Å². The number of terminal acetylenes is 1. The van der Waals surface area contributed by atoms with Crippen LogP contribution >= 0.6 is 0 Å². The fourth-order valence-corrected chi connectivity index (χ4v) is 0.596. The predicted molar refractivity (Wildman–Crippen MR) is 43.2 cm³/mol. The van der Waals surface area contributed by atoms with Gasteiger partial charge in [0.25, 0.3) is 0 Å². The van der Waals surface area contributed by atoms with E-state index in [1.807, 2.05) is 0 Å². The summed E-state index contributed by atoms with van der Waals surface area (Å²) < 4.78 is 0. The molecule has 0 fully saturated rings. The van der Waals surface area contributed by atoms with Crippen molar-refractivity contribution in [3.63, 3.8) is 0 Å². The van der Waals surface area contributed by atoms with Crippen molar-refractivity contribution in [2.24, 2.45) is 0 Å². The van der Waals surface area contributed by atoms with Crippen molar-refractivity contribution in [3.05, 3.63) is 0 Å². The van der Waals surface area contributed by atoms with Crippen molar-refractivity contribution in [3.8, 4) is 12.3 Å². The van der Waals surface area contributed by atoms with Crippen molar-refractivity contribution >= 4 is 5.97 Å². The third-order valence-corrected chi connectivity index (χ3v) is 1.32. The number of carbonyl (C=O) groups is 1. The molecule has 0 bridgehead atoms. The first kappa shape index (κ1) is 9.99. The summed E-state index contributed by atoms with van der Waals surface area (Å²) in [7, 11) is 0. The first-order chi connectivity index (χ1) is 5.18. The smallest absolute Gasteiger partial charge is 0.320 e. The molecule has 3 heteroatoms. The molecule has 0 saturated carbocycles. The molecule has 0 aliphatic rings. The molecule has 0 radical (unpaired) electrons. The molecule has 0 amide bonds. The minimum atomic E-state index is -0.828. The van der Waals surface area contributed by atoms with E-state index in [9.17, 15) is 4.79 Å². The van der Waals surface area contributed by atoms with Gasteiger partial charge in [0.1, 0.15) is 6.04 Å². The summed E-state index contributed by atoms with van der Waals surface area (Å²) in [6, 6.07) is -0.479.